The van der Waals surface area contributed by atoms with Gasteiger partial charge in [-0.2, -0.15) is 26.3 Å². The molecule has 4 rings (SSSR count). The molecule has 0 aliphatic rings. The van der Waals surface area contributed by atoms with Crippen LogP contribution in [0.25, 0.3) is 0 Å². The fourth-order valence-electron chi connectivity index (χ4n) is 4.35. The molecule has 4 aromatic rings. The van der Waals surface area contributed by atoms with Crippen molar-refractivity contribution in [2.75, 3.05) is 11.5 Å². The number of anilines is 2. The highest BCUT2D eigenvalue weighted by Crippen LogP contribution is 2.49. The monoisotopic (exact) mass is 546 g/mol. The Bertz CT molecular complexity index is 1260. The fourth-order valence-corrected chi connectivity index (χ4v) is 4.35. The van der Waals surface area contributed by atoms with Crippen LogP contribution in [0.3, 0.4) is 0 Å². The zero-order valence-electron chi connectivity index (χ0n) is 20.4. The molecule has 0 saturated carbocycles. The third kappa shape index (κ3) is 7.37. The zero-order valence-corrected chi connectivity index (χ0v) is 20.4. The second-order valence-electron chi connectivity index (χ2n) is 9.06. The number of nitrogen functional groups attached to an aromatic ring is 2. The quantitative estimate of drug-likeness (QED) is 0.171. The lowest BCUT2D eigenvalue weighted by molar-refractivity contribution is -0.174. The Morgan fingerprint density at radius 1 is 0.436 bits per heavy atom. The maximum Gasteiger partial charge on any atom is 0.390 e. The van der Waals surface area contributed by atoms with Crippen molar-refractivity contribution >= 4 is 11.4 Å². The van der Waals surface area contributed by atoms with Gasteiger partial charge in [0, 0.05) is 16.8 Å². The smallest absolute Gasteiger partial charge is 0.390 e. The summed E-state index contributed by atoms with van der Waals surface area (Å²) in [6.07, 6.45) is -13.3. The van der Waals surface area contributed by atoms with Gasteiger partial charge >= 0.3 is 12.4 Å². The molecule has 10 heteroatoms. The lowest BCUT2D eigenvalue weighted by Gasteiger charge is -2.36. The SMILES string of the molecule is Nc1ccc(Oc2ccc(C(CC(F)(F)F)(CC(F)(F)F)c3ccc(Oc4ccc(N)cc4)cc3)cc2)cc1. The maximum atomic E-state index is 13.9. The minimum absolute atomic E-state index is 0.158. The molecule has 0 aliphatic heterocycles. The van der Waals surface area contributed by atoms with Crippen LogP contribution in [0.4, 0.5) is 37.7 Å². The van der Waals surface area contributed by atoms with E-state index in [2.05, 4.69) is 0 Å². The van der Waals surface area contributed by atoms with Crippen LogP contribution in [0.1, 0.15) is 24.0 Å². The van der Waals surface area contributed by atoms with Crippen molar-refractivity contribution in [2.24, 2.45) is 0 Å². The van der Waals surface area contributed by atoms with Crippen molar-refractivity contribution in [2.45, 2.75) is 30.6 Å². The summed E-state index contributed by atoms with van der Waals surface area (Å²) in [5.41, 5.74) is 9.54. The van der Waals surface area contributed by atoms with Gasteiger partial charge in [0.25, 0.3) is 0 Å². The molecule has 39 heavy (non-hydrogen) atoms. The van der Waals surface area contributed by atoms with Crippen LogP contribution in [0.2, 0.25) is 0 Å². The van der Waals surface area contributed by atoms with Gasteiger partial charge in [0.15, 0.2) is 0 Å². The molecule has 0 unspecified atom stereocenters. The highest BCUT2D eigenvalue weighted by molar-refractivity contribution is 5.47. The van der Waals surface area contributed by atoms with E-state index in [9.17, 15) is 26.3 Å². The molecule has 0 atom stereocenters. The molecule has 0 bridgehead atoms. The lowest BCUT2D eigenvalue weighted by atomic mass is 9.69. The highest BCUT2D eigenvalue weighted by atomic mass is 19.4. The van der Waals surface area contributed by atoms with Gasteiger partial charge in [0.2, 0.25) is 0 Å². The number of ether oxygens (including phenoxy) is 2. The summed E-state index contributed by atoms with van der Waals surface area (Å²) in [5, 5.41) is 0. The van der Waals surface area contributed by atoms with E-state index in [1.807, 2.05) is 0 Å². The third-order valence-electron chi connectivity index (χ3n) is 6.05. The van der Waals surface area contributed by atoms with Crippen molar-refractivity contribution in [3.63, 3.8) is 0 Å². The molecule has 4 nitrogen and oxygen atoms in total. The van der Waals surface area contributed by atoms with E-state index >= 15 is 0 Å². The molecule has 0 heterocycles. The predicted octanol–water partition coefficient (Wildman–Crippen LogP) is 8.63. The second-order valence-corrected chi connectivity index (χ2v) is 9.06. The molecule has 0 radical (unpaired) electrons. The first-order valence-electron chi connectivity index (χ1n) is 11.7. The molecule has 4 aromatic carbocycles. The van der Waals surface area contributed by atoms with Crippen LogP contribution in [0.5, 0.6) is 23.0 Å². The minimum Gasteiger partial charge on any atom is -0.457 e. The first-order valence-corrected chi connectivity index (χ1v) is 11.7. The normalized spacial score (nSPS) is 12.3. The number of halogens is 6. The predicted molar refractivity (Wildman–Crippen MR) is 137 cm³/mol. The number of rotatable bonds is 8. The number of hydrogen-bond acceptors (Lipinski definition) is 4. The van der Waals surface area contributed by atoms with Crippen molar-refractivity contribution < 1.29 is 35.8 Å². The van der Waals surface area contributed by atoms with Gasteiger partial charge in [0.05, 0.1) is 12.8 Å². The van der Waals surface area contributed by atoms with E-state index in [1.165, 1.54) is 48.5 Å². The lowest BCUT2D eigenvalue weighted by Crippen LogP contribution is -2.38. The number of benzene rings is 4. The summed E-state index contributed by atoms with van der Waals surface area (Å²) in [5.74, 6) is 1.29. The molecule has 204 valence electrons. The average Bonchev–Trinajstić information content (AvgIpc) is 2.85. The Labute approximate surface area is 220 Å². The van der Waals surface area contributed by atoms with Crippen LogP contribution < -0.4 is 20.9 Å². The Kier molecular flexibility index (Phi) is 7.67. The van der Waals surface area contributed by atoms with Crippen molar-refractivity contribution in [3.05, 3.63) is 108 Å². The van der Waals surface area contributed by atoms with Crippen LogP contribution >= 0.6 is 0 Å². The van der Waals surface area contributed by atoms with Crippen LogP contribution in [0.15, 0.2) is 97.1 Å². The van der Waals surface area contributed by atoms with Gasteiger partial charge in [-0.1, -0.05) is 24.3 Å². The largest absolute Gasteiger partial charge is 0.457 e. The Hall–Kier alpha value is -4.34. The average molecular weight is 547 g/mol. The number of nitrogens with two attached hydrogens (primary N) is 2. The topological polar surface area (TPSA) is 70.5 Å². The molecule has 4 N–H and O–H groups in total. The van der Waals surface area contributed by atoms with Crippen molar-refractivity contribution in [3.8, 4) is 23.0 Å². The van der Waals surface area contributed by atoms with Gasteiger partial charge in [0.1, 0.15) is 23.0 Å². The molecular weight excluding hydrogens is 522 g/mol. The Balaban J connectivity index is 1.71. The summed E-state index contributed by atoms with van der Waals surface area (Å²) in [7, 11) is 0. The van der Waals surface area contributed by atoms with Crippen molar-refractivity contribution in [1.82, 2.24) is 0 Å². The molecule has 0 spiro atoms. The molecule has 0 fully saturated rings. The van der Waals surface area contributed by atoms with E-state index in [0.29, 0.717) is 22.9 Å². The molecule has 0 amide bonds. The summed E-state index contributed by atoms with van der Waals surface area (Å²) in [6, 6.07) is 23.0. The molecular formula is C29H24F6N2O2. The Morgan fingerprint density at radius 3 is 0.949 bits per heavy atom. The Morgan fingerprint density at radius 2 is 0.692 bits per heavy atom. The molecule has 0 saturated heterocycles. The van der Waals surface area contributed by atoms with Gasteiger partial charge in [-0.05, 0) is 83.9 Å². The van der Waals surface area contributed by atoms with Crippen LogP contribution in [-0.2, 0) is 5.41 Å². The van der Waals surface area contributed by atoms with Gasteiger partial charge in [-0.25, -0.2) is 0 Å². The van der Waals surface area contributed by atoms with E-state index in [-0.39, 0.29) is 22.6 Å². The third-order valence-corrected chi connectivity index (χ3v) is 6.05. The molecule has 0 aromatic heterocycles. The minimum atomic E-state index is -4.90. The second kappa shape index (κ2) is 10.8. The summed E-state index contributed by atoms with van der Waals surface area (Å²) < 4.78 is 94.5. The first kappa shape index (κ1) is 27.7. The van der Waals surface area contributed by atoms with Crippen LogP contribution in [-0.4, -0.2) is 12.4 Å². The standard InChI is InChI=1S/C29H24F6N2O2/c30-28(31,32)17-27(18-29(33,34)35,19-1-9-23(10-2-19)38-25-13-5-21(36)6-14-25)20-3-11-24(12-4-20)39-26-15-7-22(37)8-16-26/h1-16H,17-18,36-37H2. The molecule has 0 aliphatic carbocycles. The summed E-state index contributed by atoms with van der Waals surface area (Å²) >= 11 is 0. The summed E-state index contributed by atoms with van der Waals surface area (Å²) in [6.45, 7) is 0. The van der Waals surface area contributed by atoms with Gasteiger partial charge < -0.3 is 20.9 Å². The first-order chi connectivity index (χ1) is 18.3. The summed E-state index contributed by atoms with van der Waals surface area (Å²) in [4.78, 5) is 0. The zero-order chi connectivity index (χ0) is 28.3. The van der Waals surface area contributed by atoms with E-state index in [0.717, 1.165) is 0 Å². The van der Waals surface area contributed by atoms with E-state index in [4.69, 9.17) is 20.9 Å². The van der Waals surface area contributed by atoms with Gasteiger partial charge in [-0.3, -0.25) is 0 Å². The van der Waals surface area contributed by atoms with Gasteiger partial charge in [-0.15, -0.1) is 0 Å². The van der Waals surface area contributed by atoms with Crippen LogP contribution in [0, 0.1) is 0 Å². The van der Waals surface area contributed by atoms with Crippen molar-refractivity contribution in [1.29, 1.82) is 0 Å². The van der Waals surface area contributed by atoms with E-state index in [1.54, 1.807) is 48.5 Å². The maximum absolute atomic E-state index is 13.9. The number of hydrogen-bond donors (Lipinski definition) is 2. The van der Waals surface area contributed by atoms with E-state index < -0.39 is 30.6 Å². The fraction of sp³-hybridized carbons (Fsp3) is 0.172. The number of alkyl halides is 6. The highest BCUT2D eigenvalue weighted by Gasteiger charge is 2.51.